The van der Waals surface area contributed by atoms with E-state index in [4.69, 9.17) is 5.11 Å². The second kappa shape index (κ2) is 6.13. The van der Waals surface area contributed by atoms with Gasteiger partial charge in [0, 0.05) is 6.54 Å². The monoisotopic (exact) mass is 288 g/mol. The second-order valence-corrected chi connectivity index (χ2v) is 4.75. The molecule has 0 aliphatic carbocycles. The van der Waals surface area contributed by atoms with Gasteiger partial charge in [0.25, 0.3) is 0 Å². The number of benzene rings is 1. The van der Waals surface area contributed by atoms with E-state index in [9.17, 15) is 18.0 Å². The lowest BCUT2D eigenvalue weighted by molar-refractivity contribution is 0.0389. The van der Waals surface area contributed by atoms with Gasteiger partial charge in [0.15, 0.2) is 0 Å². The summed E-state index contributed by atoms with van der Waals surface area (Å²) >= 11 is 0. The Morgan fingerprint density at radius 1 is 1.25 bits per heavy atom. The summed E-state index contributed by atoms with van der Waals surface area (Å²) in [5, 5.41) is 11.5. The molecule has 1 aromatic carbocycles. The number of amides is 1. The van der Waals surface area contributed by atoms with E-state index in [1.807, 2.05) is 0 Å². The Labute approximate surface area is 114 Å². The number of carbonyl (C=O) groups is 1. The zero-order chi connectivity index (χ0) is 14.7. The molecule has 0 aromatic heterocycles. The van der Waals surface area contributed by atoms with Crippen molar-refractivity contribution < 1.29 is 23.1 Å². The number of alkyl halides is 2. The number of nitrogens with zero attached hydrogens (tertiary/aromatic N) is 1. The van der Waals surface area contributed by atoms with Crippen molar-refractivity contribution in [3.8, 4) is 0 Å². The van der Waals surface area contributed by atoms with Crippen LogP contribution in [-0.4, -0.2) is 47.6 Å². The second-order valence-electron chi connectivity index (χ2n) is 4.75. The summed E-state index contributed by atoms with van der Waals surface area (Å²) in [6, 6.07) is 4.52. The molecular formula is C13H15F3N2O2. The van der Waals surface area contributed by atoms with Crippen LogP contribution in [0.1, 0.15) is 5.56 Å². The number of hydrogen-bond donors (Lipinski definition) is 2. The molecule has 20 heavy (non-hydrogen) atoms. The van der Waals surface area contributed by atoms with Gasteiger partial charge in [0.05, 0.1) is 19.1 Å². The van der Waals surface area contributed by atoms with Crippen LogP contribution in [0.25, 0.3) is 0 Å². The molecule has 0 radical (unpaired) electrons. The summed E-state index contributed by atoms with van der Waals surface area (Å²) in [5.41, 5.74) is 0.700. The molecule has 0 spiro atoms. The molecule has 4 nitrogen and oxygen atoms in total. The summed E-state index contributed by atoms with van der Waals surface area (Å²) < 4.78 is 40.3. The average Bonchev–Trinajstić information content (AvgIpc) is 2.39. The third kappa shape index (κ3) is 3.41. The van der Waals surface area contributed by atoms with Crippen LogP contribution in [0.3, 0.4) is 0 Å². The van der Waals surface area contributed by atoms with Gasteiger partial charge in [0.1, 0.15) is 18.2 Å². The molecule has 110 valence electrons. The van der Waals surface area contributed by atoms with Crippen LogP contribution in [0.15, 0.2) is 24.3 Å². The highest BCUT2D eigenvalue weighted by molar-refractivity contribution is 5.65. The first kappa shape index (κ1) is 14.6. The zero-order valence-corrected chi connectivity index (χ0v) is 10.6. The van der Waals surface area contributed by atoms with Gasteiger partial charge in [-0.15, -0.1) is 0 Å². The third-order valence-electron chi connectivity index (χ3n) is 3.29. The van der Waals surface area contributed by atoms with E-state index in [0.29, 0.717) is 5.56 Å². The summed E-state index contributed by atoms with van der Waals surface area (Å²) in [5.74, 6) is -0.379. The van der Waals surface area contributed by atoms with Gasteiger partial charge in [-0.1, -0.05) is 12.1 Å². The topological polar surface area (TPSA) is 52.6 Å². The van der Waals surface area contributed by atoms with Crippen molar-refractivity contribution in [2.45, 2.75) is 24.9 Å². The van der Waals surface area contributed by atoms with Crippen molar-refractivity contribution in [1.29, 1.82) is 0 Å². The lowest BCUT2D eigenvalue weighted by Gasteiger charge is -2.36. The van der Waals surface area contributed by atoms with Crippen LogP contribution in [0.5, 0.6) is 0 Å². The Hall–Kier alpha value is -1.76. The number of likely N-dealkylation sites (tertiary alicyclic amines) is 1. The van der Waals surface area contributed by atoms with Crippen LogP contribution in [0.4, 0.5) is 18.0 Å². The summed E-state index contributed by atoms with van der Waals surface area (Å²) in [4.78, 5) is 11.4. The minimum absolute atomic E-state index is 0.193. The maximum absolute atomic E-state index is 13.8. The number of piperidine rings is 1. The molecule has 1 saturated heterocycles. The quantitative estimate of drug-likeness (QED) is 0.894. The standard InChI is InChI=1S/C13H15F3N2O2/c14-9-3-1-8(2-4-9)5-17-12-10(15)6-18(13(19)20)7-11(12)16/h1-4,10-12,17H,5-7H2,(H,19,20)/t10-,11+,12?. The lowest BCUT2D eigenvalue weighted by Crippen LogP contribution is -2.58. The molecule has 1 fully saturated rings. The molecule has 1 aliphatic rings. The van der Waals surface area contributed by atoms with Crippen molar-refractivity contribution in [1.82, 2.24) is 10.2 Å². The summed E-state index contributed by atoms with van der Waals surface area (Å²) in [6.45, 7) is -0.507. The number of halogens is 3. The maximum Gasteiger partial charge on any atom is 0.407 e. The maximum atomic E-state index is 13.8. The van der Waals surface area contributed by atoms with Crippen molar-refractivity contribution in [3.05, 3.63) is 35.6 Å². The number of rotatable bonds is 3. The van der Waals surface area contributed by atoms with Gasteiger partial charge < -0.3 is 15.3 Å². The first-order valence-electron chi connectivity index (χ1n) is 6.21. The Morgan fingerprint density at radius 2 is 1.80 bits per heavy atom. The van der Waals surface area contributed by atoms with E-state index in [2.05, 4.69) is 5.32 Å². The largest absolute Gasteiger partial charge is 0.465 e. The third-order valence-corrected chi connectivity index (χ3v) is 3.29. The predicted molar refractivity (Wildman–Crippen MR) is 66.4 cm³/mol. The van der Waals surface area contributed by atoms with Crippen LogP contribution >= 0.6 is 0 Å². The number of hydrogen-bond acceptors (Lipinski definition) is 2. The van der Waals surface area contributed by atoms with E-state index in [1.54, 1.807) is 0 Å². The van der Waals surface area contributed by atoms with Crippen LogP contribution in [-0.2, 0) is 6.54 Å². The Bertz CT molecular complexity index is 457. The first-order valence-corrected chi connectivity index (χ1v) is 6.21. The van der Waals surface area contributed by atoms with Crippen LogP contribution in [0, 0.1) is 5.82 Å². The van der Waals surface area contributed by atoms with Crippen molar-refractivity contribution >= 4 is 6.09 Å². The molecule has 0 bridgehead atoms. The highest BCUT2D eigenvalue weighted by atomic mass is 19.1. The zero-order valence-electron chi connectivity index (χ0n) is 10.6. The van der Waals surface area contributed by atoms with E-state index in [1.165, 1.54) is 24.3 Å². The van der Waals surface area contributed by atoms with Gasteiger partial charge in [-0.25, -0.2) is 18.0 Å². The number of carboxylic acid groups (broad SMARTS) is 1. The van der Waals surface area contributed by atoms with E-state index >= 15 is 0 Å². The van der Waals surface area contributed by atoms with Gasteiger partial charge in [0.2, 0.25) is 0 Å². The minimum atomic E-state index is -1.62. The lowest BCUT2D eigenvalue weighted by atomic mass is 10.0. The molecular weight excluding hydrogens is 273 g/mol. The molecule has 1 amide bonds. The summed E-state index contributed by atoms with van der Waals surface area (Å²) in [7, 11) is 0. The molecule has 2 rings (SSSR count). The van der Waals surface area contributed by atoms with Crippen LogP contribution < -0.4 is 5.32 Å². The molecule has 7 heteroatoms. The Balaban J connectivity index is 1.92. The van der Waals surface area contributed by atoms with Crippen molar-refractivity contribution in [2.24, 2.45) is 0 Å². The molecule has 1 unspecified atom stereocenters. The van der Waals surface area contributed by atoms with E-state index in [-0.39, 0.29) is 25.5 Å². The SMILES string of the molecule is O=C(O)N1C[C@@H](F)C(NCc2ccc(F)cc2)[C@@H](F)C1. The van der Waals surface area contributed by atoms with E-state index < -0.39 is 24.5 Å². The van der Waals surface area contributed by atoms with Gasteiger partial charge in [-0.05, 0) is 17.7 Å². The highest BCUT2D eigenvalue weighted by Gasteiger charge is 2.38. The minimum Gasteiger partial charge on any atom is -0.465 e. The van der Waals surface area contributed by atoms with Crippen molar-refractivity contribution in [2.75, 3.05) is 13.1 Å². The van der Waals surface area contributed by atoms with Gasteiger partial charge >= 0.3 is 6.09 Å². The first-order chi connectivity index (χ1) is 9.47. The summed E-state index contributed by atoms with van der Waals surface area (Å²) in [6.07, 6.45) is -4.56. The Kier molecular flexibility index (Phi) is 4.49. The van der Waals surface area contributed by atoms with E-state index in [0.717, 1.165) is 4.90 Å². The molecule has 1 heterocycles. The predicted octanol–water partition coefficient (Wildman–Crippen LogP) is 1.95. The fourth-order valence-electron chi connectivity index (χ4n) is 2.20. The van der Waals surface area contributed by atoms with Gasteiger partial charge in [-0.3, -0.25) is 0 Å². The normalized spacial score (nSPS) is 26.6. The molecule has 3 atom stereocenters. The molecule has 1 aliphatic heterocycles. The highest BCUT2D eigenvalue weighted by Crippen LogP contribution is 2.18. The molecule has 0 saturated carbocycles. The molecule has 1 aromatic rings. The Morgan fingerprint density at radius 3 is 2.30 bits per heavy atom. The van der Waals surface area contributed by atoms with Crippen LogP contribution in [0.2, 0.25) is 0 Å². The smallest absolute Gasteiger partial charge is 0.407 e. The molecule has 2 N–H and O–H groups in total. The van der Waals surface area contributed by atoms with Crippen molar-refractivity contribution in [3.63, 3.8) is 0 Å². The number of nitrogens with one attached hydrogen (secondary N) is 1. The fourth-order valence-corrected chi connectivity index (χ4v) is 2.20. The average molecular weight is 288 g/mol. The fraction of sp³-hybridized carbons (Fsp3) is 0.462. The van der Waals surface area contributed by atoms with Gasteiger partial charge in [-0.2, -0.15) is 0 Å².